The van der Waals surface area contributed by atoms with Gasteiger partial charge in [-0.1, -0.05) is 29.7 Å². The van der Waals surface area contributed by atoms with Gasteiger partial charge in [-0.2, -0.15) is 23.7 Å². The van der Waals surface area contributed by atoms with Crippen LogP contribution in [-0.4, -0.2) is 6.36 Å². The fourth-order valence-electron chi connectivity index (χ4n) is 3.15. The topological polar surface area (TPSA) is 56.8 Å². The van der Waals surface area contributed by atoms with E-state index in [9.17, 15) is 36.9 Å². The number of hydrogen-bond donors (Lipinski definition) is 0. The van der Waals surface area contributed by atoms with E-state index in [1.54, 1.807) is 12.1 Å². The molecule has 0 aliphatic carbocycles. The normalized spacial score (nSPS) is 10.7. The zero-order valence-electron chi connectivity index (χ0n) is 18.8. The first-order chi connectivity index (χ1) is 17.5. The van der Waals surface area contributed by atoms with Crippen LogP contribution < -0.4 is 4.74 Å². The van der Waals surface area contributed by atoms with E-state index in [0.29, 0.717) is 33.4 Å². The van der Waals surface area contributed by atoms with Crippen molar-refractivity contribution in [2.45, 2.75) is 25.4 Å². The summed E-state index contributed by atoms with van der Waals surface area (Å²) in [5, 5.41) is 18.4. The van der Waals surface area contributed by atoms with Gasteiger partial charge in [-0.3, -0.25) is 0 Å². The van der Waals surface area contributed by atoms with Crippen molar-refractivity contribution < 1.29 is 31.1 Å². The minimum atomic E-state index is -4.82. The van der Waals surface area contributed by atoms with E-state index in [1.807, 2.05) is 12.1 Å². The Balaban J connectivity index is 1.98. The molecule has 0 spiro atoms. The Bertz CT molecular complexity index is 1480. The Morgan fingerprint density at radius 1 is 0.622 bits per heavy atom. The molecule has 0 heterocycles. The van der Waals surface area contributed by atoms with Crippen LogP contribution in [0.15, 0.2) is 60.7 Å². The molecule has 184 valence electrons. The van der Waals surface area contributed by atoms with Crippen LogP contribution in [0.3, 0.4) is 0 Å². The Kier molecular flexibility index (Phi) is 8.13. The van der Waals surface area contributed by atoms with E-state index in [4.69, 9.17) is 0 Å². The standard InChI is InChI=1S/C28H14F6N2O/c29-27(30,31)25-9-3-19(4-10-25)1-7-21-17-22(24(14-16-36)18-23(21)13-15-35)8-2-20-5-11-26(12-6-20)37-28(32,33)34/h3-6,9-12,17-18H,13-14H2. The van der Waals surface area contributed by atoms with Crippen LogP contribution in [-0.2, 0) is 19.0 Å². The molecule has 37 heavy (non-hydrogen) atoms. The first-order valence-electron chi connectivity index (χ1n) is 10.5. The smallest absolute Gasteiger partial charge is 0.406 e. The molecule has 9 heteroatoms. The maximum Gasteiger partial charge on any atom is 0.573 e. The average Bonchev–Trinajstić information content (AvgIpc) is 2.83. The molecule has 3 nitrogen and oxygen atoms in total. The third kappa shape index (κ3) is 7.82. The molecule has 0 aliphatic rings. The molecule has 0 aliphatic heterocycles. The van der Waals surface area contributed by atoms with Gasteiger partial charge in [0, 0.05) is 22.3 Å². The van der Waals surface area contributed by atoms with Crippen LogP contribution in [0.2, 0.25) is 0 Å². The summed E-state index contributed by atoms with van der Waals surface area (Å²) in [6.07, 6.45) is -9.33. The maximum absolute atomic E-state index is 12.8. The fourth-order valence-corrected chi connectivity index (χ4v) is 3.15. The lowest BCUT2D eigenvalue weighted by atomic mass is 9.95. The fraction of sp³-hybridized carbons (Fsp3) is 0.143. The van der Waals surface area contributed by atoms with Gasteiger partial charge in [0.05, 0.1) is 30.5 Å². The van der Waals surface area contributed by atoms with Gasteiger partial charge in [0.1, 0.15) is 5.75 Å². The largest absolute Gasteiger partial charge is 0.573 e. The van der Waals surface area contributed by atoms with E-state index < -0.39 is 23.9 Å². The quantitative estimate of drug-likeness (QED) is 0.298. The van der Waals surface area contributed by atoms with Crippen LogP contribution in [0.4, 0.5) is 26.3 Å². The highest BCUT2D eigenvalue weighted by molar-refractivity contribution is 5.57. The van der Waals surface area contributed by atoms with Crippen LogP contribution in [0.1, 0.15) is 38.9 Å². The van der Waals surface area contributed by atoms with E-state index in [1.165, 1.54) is 24.3 Å². The lowest BCUT2D eigenvalue weighted by molar-refractivity contribution is -0.274. The monoisotopic (exact) mass is 508 g/mol. The van der Waals surface area contributed by atoms with Crippen molar-refractivity contribution in [1.29, 1.82) is 10.5 Å². The van der Waals surface area contributed by atoms with Crippen molar-refractivity contribution in [1.82, 2.24) is 0 Å². The van der Waals surface area contributed by atoms with Crippen LogP contribution in [0.5, 0.6) is 5.75 Å². The predicted octanol–water partition coefficient (Wildman–Crippen LogP) is 6.54. The second kappa shape index (κ2) is 11.3. The summed E-state index contributed by atoms with van der Waals surface area (Å²) in [7, 11) is 0. The van der Waals surface area contributed by atoms with Gasteiger partial charge >= 0.3 is 12.5 Å². The Labute approximate surface area is 208 Å². The molecule has 0 bridgehead atoms. The SMILES string of the molecule is N#CCc1cc(CC#N)c(C#Cc2ccc(C(F)(F)F)cc2)cc1C#Cc1ccc(OC(F)(F)F)cc1. The number of halogens is 6. The van der Waals surface area contributed by atoms with E-state index >= 15 is 0 Å². The number of benzene rings is 3. The van der Waals surface area contributed by atoms with E-state index in [-0.39, 0.29) is 12.8 Å². The number of alkyl halides is 6. The molecule has 0 amide bonds. The Hall–Kier alpha value is -4.86. The van der Waals surface area contributed by atoms with E-state index in [2.05, 4.69) is 28.4 Å². The van der Waals surface area contributed by atoms with E-state index in [0.717, 1.165) is 24.3 Å². The lowest BCUT2D eigenvalue weighted by Gasteiger charge is -2.08. The van der Waals surface area contributed by atoms with Crippen molar-refractivity contribution in [3.63, 3.8) is 0 Å². The van der Waals surface area contributed by atoms with Crippen molar-refractivity contribution >= 4 is 0 Å². The van der Waals surface area contributed by atoms with Gasteiger partial charge in [0.25, 0.3) is 0 Å². The molecule has 0 fully saturated rings. The summed E-state index contributed by atoms with van der Waals surface area (Å²) in [6.45, 7) is 0. The summed E-state index contributed by atoms with van der Waals surface area (Å²) >= 11 is 0. The zero-order chi connectivity index (χ0) is 27.1. The molecule has 0 radical (unpaired) electrons. The molecule has 0 atom stereocenters. The second-order valence-corrected chi connectivity index (χ2v) is 7.48. The van der Waals surface area contributed by atoms with Crippen LogP contribution in [0.25, 0.3) is 0 Å². The molecule has 0 saturated heterocycles. The lowest BCUT2D eigenvalue weighted by Crippen LogP contribution is -2.16. The summed E-state index contributed by atoms with van der Waals surface area (Å²) in [5.41, 5.74) is 1.77. The molecule has 3 rings (SSSR count). The maximum atomic E-state index is 12.8. The summed E-state index contributed by atoms with van der Waals surface area (Å²) in [4.78, 5) is 0. The average molecular weight is 508 g/mol. The van der Waals surface area contributed by atoms with Crippen molar-refractivity contribution in [3.05, 3.63) is 99.6 Å². The van der Waals surface area contributed by atoms with Gasteiger partial charge in [-0.15, -0.1) is 13.2 Å². The van der Waals surface area contributed by atoms with Gasteiger partial charge in [-0.25, -0.2) is 0 Å². The van der Waals surface area contributed by atoms with Crippen molar-refractivity contribution in [2.75, 3.05) is 0 Å². The van der Waals surface area contributed by atoms with Crippen molar-refractivity contribution in [3.8, 4) is 41.6 Å². The molecular formula is C28H14F6N2O. The highest BCUT2D eigenvalue weighted by Gasteiger charge is 2.31. The van der Waals surface area contributed by atoms with Gasteiger partial charge < -0.3 is 4.74 Å². The molecule has 3 aromatic rings. The molecular weight excluding hydrogens is 494 g/mol. The van der Waals surface area contributed by atoms with Gasteiger partial charge in [0.2, 0.25) is 0 Å². The van der Waals surface area contributed by atoms with Crippen LogP contribution in [0, 0.1) is 46.3 Å². The molecule has 0 aromatic heterocycles. The number of nitrogens with zero attached hydrogens (tertiary/aromatic N) is 2. The summed E-state index contributed by atoms with van der Waals surface area (Å²) in [5.74, 6) is 10.9. The molecule has 3 aromatic carbocycles. The number of nitriles is 2. The predicted molar refractivity (Wildman–Crippen MR) is 122 cm³/mol. The minimum absolute atomic E-state index is 0.0204. The summed E-state index contributed by atoms with van der Waals surface area (Å²) in [6, 6.07) is 16.4. The van der Waals surface area contributed by atoms with Crippen LogP contribution >= 0.6 is 0 Å². The third-order valence-corrected chi connectivity index (χ3v) is 4.85. The molecule has 0 unspecified atom stereocenters. The first kappa shape index (κ1) is 26.7. The van der Waals surface area contributed by atoms with Crippen molar-refractivity contribution in [2.24, 2.45) is 0 Å². The molecule has 0 saturated carbocycles. The molecule has 0 N–H and O–H groups in total. The van der Waals surface area contributed by atoms with Gasteiger partial charge in [-0.05, 0) is 65.7 Å². The number of ether oxygens (including phenoxy) is 1. The highest BCUT2D eigenvalue weighted by Crippen LogP contribution is 2.29. The Morgan fingerprint density at radius 2 is 1.08 bits per heavy atom. The summed E-state index contributed by atoms with van der Waals surface area (Å²) < 4.78 is 79.2. The number of hydrogen-bond acceptors (Lipinski definition) is 3. The first-order valence-corrected chi connectivity index (χ1v) is 10.5. The Morgan fingerprint density at radius 3 is 1.49 bits per heavy atom. The van der Waals surface area contributed by atoms with Gasteiger partial charge in [0.15, 0.2) is 0 Å². The third-order valence-electron chi connectivity index (χ3n) is 4.85. The minimum Gasteiger partial charge on any atom is -0.406 e. The second-order valence-electron chi connectivity index (χ2n) is 7.48. The zero-order valence-corrected chi connectivity index (χ0v) is 18.8. The highest BCUT2D eigenvalue weighted by atomic mass is 19.4. The number of rotatable bonds is 3.